The third kappa shape index (κ3) is 2.74. The number of hydrogen-bond donors (Lipinski definition) is 3. The molecule has 0 bridgehead atoms. The number of carbonyl (C=O) groups is 1. The molecule has 0 spiro atoms. The van der Waals surface area contributed by atoms with E-state index in [-0.39, 0.29) is 21.5 Å². The predicted molar refractivity (Wildman–Crippen MR) is 65.3 cm³/mol. The van der Waals surface area contributed by atoms with Gasteiger partial charge in [-0.2, -0.15) is 0 Å². The zero-order valence-corrected chi connectivity index (χ0v) is 11.3. The second-order valence-corrected chi connectivity index (χ2v) is 4.23. The second-order valence-electron chi connectivity index (χ2n) is 3.43. The highest BCUT2D eigenvalue weighted by molar-refractivity contribution is 9.10. The maximum Gasteiger partial charge on any atom is 0.337 e. The van der Waals surface area contributed by atoms with Crippen LogP contribution in [0.2, 0.25) is 0 Å². The number of methoxy groups -OCH3 is 2. The summed E-state index contributed by atoms with van der Waals surface area (Å²) in [5, 5.41) is 29.1. The van der Waals surface area contributed by atoms with Gasteiger partial charge >= 0.3 is 5.97 Å². The van der Waals surface area contributed by atoms with Gasteiger partial charge in [-0.15, -0.1) is 0 Å². The lowest BCUT2D eigenvalue weighted by atomic mass is 10.0. The quantitative estimate of drug-likeness (QED) is 0.708. The predicted octanol–water partition coefficient (Wildman–Crippen LogP) is 0.731. The molecule has 6 nitrogen and oxygen atoms in total. The Morgan fingerprint density at radius 3 is 2.44 bits per heavy atom. The van der Waals surface area contributed by atoms with E-state index >= 15 is 0 Å². The summed E-state index contributed by atoms with van der Waals surface area (Å²) in [4.78, 5) is 11.1. The third-order valence-corrected chi connectivity index (χ3v) is 3.22. The molecule has 1 aromatic carbocycles. The van der Waals surface area contributed by atoms with E-state index in [4.69, 9.17) is 4.74 Å². The van der Waals surface area contributed by atoms with E-state index in [9.17, 15) is 20.1 Å². The Bertz CT molecular complexity index is 447. The van der Waals surface area contributed by atoms with Gasteiger partial charge in [0, 0.05) is 5.56 Å². The number of esters is 1. The van der Waals surface area contributed by atoms with Crippen LogP contribution >= 0.6 is 15.9 Å². The second kappa shape index (κ2) is 6.03. The summed E-state index contributed by atoms with van der Waals surface area (Å²) >= 11 is 3.06. The van der Waals surface area contributed by atoms with Gasteiger partial charge in [0.25, 0.3) is 0 Å². The fourth-order valence-corrected chi connectivity index (χ4v) is 1.94. The lowest BCUT2D eigenvalue weighted by Crippen LogP contribution is -2.29. The number of aromatic hydroxyl groups is 1. The molecule has 1 aromatic rings. The molecule has 0 saturated carbocycles. The van der Waals surface area contributed by atoms with E-state index in [1.807, 2.05) is 0 Å². The number of aliphatic hydroxyl groups is 2. The van der Waals surface area contributed by atoms with Gasteiger partial charge in [-0.25, -0.2) is 4.79 Å². The number of benzene rings is 1. The smallest absolute Gasteiger partial charge is 0.337 e. The minimum absolute atomic E-state index is 0.136. The highest BCUT2D eigenvalue weighted by atomic mass is 79.9. The van der Waals surface area contributed by atoms with Gasteiger partial charge in [0.2, 0.25) is 0 Å². The summed E-state index contributed by atoms with van der Waals surface area (Å²) in [5.74, 6) is -0.999. The van der Waals surface area contributed by atoms with Crippen LogP contribution in [-0.4, -0.2) is 41.6 Å². The van der Waals surface area contributed by atoms with Gasteiger partial charge in [-0.3, -0.25) is 0 Å². The summed E-state index contributed by atoms with van der Waals surface area (Å²) in [7, 11) is 2.47. The molecule has 0 radical (unpaired) electrons. The maximum atomic E-state index is 11.1. The first-order valence-corrected chi connectivity index (χ1v) is 5.72. The molecule has 2 atom stereocenters. The maximum absolute atomic E-state index is 11.1. The average Bonchev–Trinajstić information content (AvgIpc) is 2.39. The van der Waals surface area contributed by atoms with Crippen LogP contribution in [0.5, 0.6) is 11.5 Å². The molecule has 0 amide bonds. The molecular formula is C11H13BrO6. The SMILES string of the molecule is COC(=O)C(O)C(O)c1ccc(OC)c(O)c1Br. The zero-order valence-electron chi connectivity index (χ0n) is 9.75. The molecule has 0 fully saturated rings. The van der Waals surface area contributed by atoms with E-state index in [2.05, 4.69) is 20.7 Å². The summed E-state index contributed by atoms with van der Waals surface area (Å²) < 4.78 is 9.33. The number of ether oxygens (including phenoxy) is 2. The minimum atomic E-state index is -1.74. The molecule has 0 aliphatic heterocycles. The number of carbonyl (C=O) groups excluding carboxylic acids is 1. The van der Waals surface area contributed by atoms with E-state index in [0.717, 1.165) is 7.11 Å². The number of phenols is 1. The van der Waals surface area contributed by atoms with Crippen molar-refractivity contribution < 1.29 is 29.6 Å². The molecule has 3 N–H and O–H groups in total. The van der Waals surface area contributed by atoms with Gasteiger partial charge in [0.05, 0.1) is 18.7 Å². The highest BCUT2D eigenvalue weighted by Gasteiger charge is 2.29. The Kier molecular flexibility index (Phi) is 4.94. The van der Waals surface area contributed by atoms with E-state index < -0.39 is 18.2 Å². The molecule has 1 rings (SSSR count). The van der Waals surface area contributed by atoms with Crippen LogP contribution in [-0.2, 0) is 9.53 Å². The highest BCUT2D eigenvalue weighted by Crippen LogP contribution is 2.39. The van der Waals surface area contributed by atoms with Gasteiger partial charge in [-0.05, 0) is 22.0 Å². The van der Waals surface area contributed by atoms with Crippen LogP contribution < -0.4 is 4.74 Å². The monoisotopic (exact) mass is 320 g/mol. The largest absolute Gasteiger partial charge is 0.503 e. The van der Waals surface area contributed by atoms with E-state index in [0.29, 0.717) is 0 Å². The summed E-state index contributed by atoms with van der Waals surface area (Å²) in [6.45, 7) is 0. The Morgan fingerprint density at radius 1 is 1.33 bits per heavy atom. The molecule has 0 aliphatic rings. The lowest BCUT2D eigenvalue weighted by Gasteiger charge is -2.18. The number of rotatable bonds is 4. The van der Waals surface area contributed by atoms with Crippen molar-refractivity contribution in [2.24, 2.45) is 0 Å². The Labute approximate surface area is 112 Å². The molecule has 2 unspecified atom stereocenters. The minimum Gasteiger partial charge on any atom is -0.503 e. The fourth-order valence-electron chi connectivity index (χ4n) is 1.38. The third-order valence-electron chi connectivity index (χ3n) is 2.39. The number of hydrogen-bond acceptors (Lipinski definition) is 6. The van der Waals surface area contributed by atoms with Crippen molar-refractivity contribution in [2.45, 2.75) is 12.2 Å². The van der Waals surface area contributed by atoms with Crippen molar-refractivity contribution in [1.82, 2.24) is 0 Å². The van der Waals surface area contributed by atoms with Crippen LogP contribution in [0.4, 0.5) is 0 Å². The van der Waals surface area contributed by atoms with Gasteiger partial charge < -0.3 is 24.8 Å². The van der Waals surface area contributed by atoms with Crippen molar-refractivity contribution in [1.29, 1.82) is 0 Å². The van der Waals surface area contributed by atoms with Crippen LogP contribution in [0.25, 0.3) is 0 Å². The van der Waals surface area contributed by atoms with Crippen LogP contribution in [0, 0.1) is 0 Å². The van der Waals surface area contributed by atoms with E-state index in [1.54, 1.807) is 0 Å². The zero-order chi connectivity index (χ0) is 13.9. The van der Waals surface area contributed by atoms with Crippen molar-refractivity contribution in [3.8, 4) is 11.5 Å². The number of aliphatic hydroxyl groups excluding tert-OH is 2. The van der Waals surface area contributed by atoms with E-state index in [1.165, 1.54) is 19.2 Å². The van der Waals surface area contributed by atoms with Crippen molar-refractivity contribution in [3.05, 3.63) is 22.2 Å². The lowest BCUT2D eigenvalue weighted by molar-refractivity contribution is -0.156. The molecule has 0 heterocycles. The Hall–Kier alpha value is -1.31. The Morgan fingerprint density at radius 2 is 1.94 bits per heavy atom. The van der Waals surface area contributed by atoms with Crippen LogP contribution in [0.3, 0.4) is 0 Å². The standard InChI is InChI=1S/C11H13BrO6/c1-17-6-4-3-5(7(12)9(6)14)8(13)10(15)11(16)18-2/h3-4,8,10,13-15H,1-2H3. The average molecular weight is 321 g/mol. The van der Waals surface area contributed by atoms with Crippen molar-refractivity contribution >= 4 is 21.9 Å². The Balaban J connectivity index is 3.11. The summed E-state index contributed by atoms with van der Waals surface area (Å²) in [5.41, 5.74) is 0.145. The van der Waals surface area contributed by atoms with Crippen LogP contribution in [0.15, 0.2) is 16.6 Å². The molecule has 7 heteroatoms. The molecule has 100 valence electrons. The molecular weight excluding hydrogens is 308 g/mol. The van der Waals surface area contributed by atoms with Gasteiger partial charge in [-0.1, -0.05) is 6.07 Å². The molecule has 0 aliphatic carbocycles. The molecule has 0 saturated heterocycles. The first-order chi connectivity index (χ1) is 8.43. The number of halogens is 1. The first kappa shape index (κ1) is 14.7. The van der Waals surface area contributed by atoms with Crippen molar-refractivity contribution in [2.75, 3.05) is 14.2 Å². The molecule has 18 heavy (non-hydrogen) atoms. The van der Waals surface area contributed by atoms with Gasteiger partial charge in [0.15, 0.2) is 17.6 Å². The number of phenolic OH excluding ortho intramolecular Hbond substituents is 1. The van der Waals surface area contributed by atoms with Crippen LogP contribution in [0.1, 0.15) is 11.7 Å². The molecule has 0 aromatic heterocycles. The summed E-state index contributed by atoms with van der Waals surface area (Å²) in [6.07, 6.45) is -3.26. The first-order valence-electron chi connectivity index (χ1n) is 4.93. The normalized spacial score (nSPS) is 13.8. The van der Waals surface area contributed by atoms with Crippen molar-refractivity contribution in [3.63, 3.8) is 0 Å². The van der Waals surface area contributed by atoms with Gasteiger partial charge in [0.1, 0.15) is 6.10 Å². The topological polar surface area (TPSA) is 96.2 Å². The fraction of sp³-hybridized carbons (Fsp3) is 0.364. The summed E-state index contributed by atoms with van der Waals surface area (Å²) in [6, 6.07) is 2.82.